The molecule has 24 heavy (non-hydrogen) atoms. The van der Waals surface area contributed by atoms with Crippen LogP contribution in [0.15, 0.2) is 24.5 Å². The molecule has 1 saturated heterocycles. The fourth-order valence-corrected chi connectivity index (χ4v) is 2.90. The second-order valence-electron chi connectivity index (χ2n) is 5.81. The standard InChI is InChI=1S/C16H19N5O3/c1-2-15(22)20-7-3-4-12(9-20)21-10-14(18-19-21)13-8-11(16(23)24)5-6-17-13/h5-6,8,10,12H,2-4,7,9H2,1H3,(H,23,24). The monoisotopic (exact) mass is 329 g/mol. The zero-order valence-corrected chi connectivity index (χ0v) is 13.4. The number of carbonyl (C=O) groups is 2. The summed E-state index contributed by atoms with van der Waals surface area (Å²) in [5, 5.41) is 17.3. The molecule has 0 saturated carbocycles. The summed E-state index contributed by atoms with van der Waals surface area (Å²) >= 11 is 0. The van der Waals surface area contributed by atoms with Gasteiger partial charge >= 0.3 is 5.97 Å². The Labute approximate surface area is 139 Å². The van der Waals surface area contributed by atoms with Crippen LogP contribution < -0.4 is 0 Å². The van der Waals surface area contributed by atoms with E-state index in [1.54, 1.807) is 10.9 Å². The fourth-order valence-electron chi connectivity index (χ4n) is 2.90. The van der Waals surface area contributed by atoms with Gasteiger partial charge in [-0.3, -0.25) is 9.78 Å². The molecule has 2 aromatic rings. The van der Waals surface area contributed by atoms with Crippen molar-refractivity contribution in [1.82, 2.24) is 24.9 Å². The number of amides is 1. The highest BCUT2D eigenvalue weighted by atomic mass is 16.4. The third kappa shape index (κ3) is 3.27. The molecule has 3 rings (SSSR count). The second kappa shape index (κ2) is 6.77. The maximum Gasteiger partial charge on any atom is 0.335 e. The van der Waals surface area contributed by atoms with E-state index >= 15 is 0 Å². The van der Waals surface area contributed by atoms with E-state index in [1.165, 1.54) is 18.3 Å². The first-order valence-corrected chi connectivity index (χ1v) is 7.97. The van der Waals surface area contributed by atoms with E-state index in [2.05, 4.69) is 15.3 Å². The molecule has 0 aromatic carbocycles. The molecule has 1 unspecified atom stereocenters. The summed E-state index contributed by atoms with van der Waals surface area (Å²) in [6.45, 7) is 3.27. The van der Waals surface area contributed by atoms with E-state index in [9.17, 15) is 9.59 Å². The van der Waals surface area contributed by atoms with Crippen LogP contribution >= 0.6 is 0 Å². The number of hydrogen-bond donors (Lipinski definition) is 1. The largest absolute Gasteiger partial charge is 0.478 e. The van der Waals surface area contributed by atoms with Crippen molar-refractivity contribution in [3.8, 4) is 11.4 Å². The molecule has 1 N–H and O–H groups in total. The molecule has 0 bridgehead atoms. The van der Waals surface area contributed by atoms with E-state index in [4.69, 9.17) is 5.11 Å². The van der Waals surface area contributed by atoms with Crippen LogP contribution in [0.3, 0.4) is 0 Å². The minimum absolute atomic E-state index is 0.0816. The van der Waals surface area contributed by atoms with Crippen LogP contribution in [0.1, 0.15) is 42.6 Å². The number of likely N-dealkylation sites (tertiary alicyclic amines) is 1. The van der Waals surface area contributed by atoms with Crippen molar-refractivity contribution >= 4 is 11.9 Å². The quantitative estimate of drug-likeness (QED) is 0.914. The topological polar surface area (TPSA) is 101 Å². The van der Waals surface area contributed by atoms with Crippen LogP contribution in [0.2, 0.25) is 0 Å². The highest BCUT2D eigenvalue weighted by Gasteiger charge is 2.25. The summed E-state index contributed by atoms with van der Waals surface area (Å²) in [4.78, 5) is 29.0. The molecule has 3 heterocycles. The molecule has 8 heteroatoms. The molecular formula is C16H19N5O3. The molecule has 126 valence electrons. The van der Waals surface area contributed by atoms with Crippen molar-refractivity contribution in [2.45, 2.75) is 32.2 Å². The van der Waals surface area contributed by atoms with Crippen molar-refractivity contribution in [1.29, 1.82) is 0 Å². The minimum Gasteiger partial charge on any atom is -0.478 e. The van der Waals surface area contributed by atoms with Gasteiger partial charge < -0.3 is 10.0 Å². The first kappa shape index (κ1) is 16.1. The fraction of sp³-hybridized carbons (Fsp3) is 0.438. The third-order valence-corrected chi connectivity index (χ3v) is 4.21. The lowest BCUT2D eigenvalue weighted by molar-refractivity contribution is -0.132. The van der Waals surface area contributed by atoms with Crippen LogP contribution in [0, 0.1) is 0 Å². The van der Waals surface area contributed by atoms with E-state index in [-0.39, 0.29) is 17.5 Å². The highest BCUT2D eigenvalue weighted by Crippen LogP contribution is 2.23. The van der Waals surface area contributed by atoms with Gasteiger partial charge in [-0.1, -0.05) is 12.1 Å². The number of piperidine rings is 1. The van der Waals surface area contributed by atoms with E-state index in [0.29, 0.717) is 24.4 Å². The maximum atomic E-state index is 11.9. The summed E-state index contributed by atoms with van der Waals surface area (Å²) < 4.78 is 1.75. The number of hydrogen-bond acceptors (Lipinski definition) is 5. The number of pyridine rings is 1. The van der Waals surface area contributed by atoms with Crippen molar-refractivity contribution in [3.05, 3.63) is 30.1 Å². The molecule has 0 radical (unpaired) electrons. The average Bonchev–Trinajstić information content (AvgIpc) is 3.11. The van der Waals surface area contributed by atoms with Gasteiger partial charge in [-0.2, -0.15) is 0 Å². The van der Waals surface area contributed by atoms with Crippen molar-refractivity contribution in [3.63, 3.8) is 0 Å². The third-order valence-electron chi connectivity index (χ3n) is 4.21. The SMILES string of the molecule is CCC(=O)N1CCCC(n2cc(-c3cc(C(=O)O)ccn3)nn2)C1. The number of carboxylic acids is 1. The Morgan fingerprint density at radius 2 is 2.21 bits per heavy atom. The second-order valence-corrected chi connectivity index (χ2v) is 5.81. The van der Waals surface area contributed by atoms with E-state index in [0.717, 1.165) is 19.4 Å². The number of rotatable bonds is 4. The van der Waals surface area contributed by atoms with Gasteiger partial charge in [-0.05, 0) is 25.0 Å². The van der Waals surface area contributed by atoms with Gasteiger partial charge in [0, 0.05) is 25.7 Å². The summed E-state index contributed by atoms with van der Waals surface area (Å²) in [7, 11) is 0. The van der Waals surface area contributed by atoms with Crippen LogP contribution in [0.25, 0.3) is 11.4 Å². The number of carboxylic acid groups (broad SMARTS) is 1. The zero-order chi connectivity index (χ0) is 17.1. The smallest absolute Gasteiger partial charge is 0.335 e. The molecule has 1 fully saturated rings. The Morgan fingerprint density at radius 1 is 1.38 bits per heavy atom. The van der Waals surface area contributed by atoms with Crippen LogP contribution in [-0.4, -0.2) is 55.0 Å². The van der Waals surface area contributed by atoms with Gasteiger partial charge in [-0.25, -0.2) is 9.48 Å². The van der Waals surface area contributed by atoms with Gasteiger partial charge in [0.1, 0.15) is 5.69 Å². The number of aromatic nitrogens is 4. The first-order valence-electron chi connectivity index (χ1n) is 7.97. The summed E-state index contributed by atoms with van der Waals surface area (Å²) in [6, 6.07) is 2.99. The molecule has 0 spiro atoms. The summed E-state index contributed by atoms with van der Waals surface area (Å²) in [5.74, 6) is -0.858. The van der Waals surface area contributed by atoms with Crippen LogP contribution in [-0.2, 0) is 4.79 Å². The Bertz CT molecular complexity index is 758. The van der Waals surface area contributed by atoms with Gasteiger partial charge in [-0.15, -0.1) is 5.10 Å². The normalized spacial score (nSPS) is 17.7. The zero-order valence-electron chi connectivity index (χ0n) is 13.4. The molecule has 1 aliphatic rings. The van der Waals surface area contributed by atoms with Gasteiger partial charge in [0.2, 0.25) is 5.91 Å². The molecule has 0 aliphatic carbocycles. The maximum absolute atomic E-state index is 11.9. The van der Waals surface area contributed by atoms with E-state index < -0.39 is 5.97 Å². The molecule has 1 atom stereocenters. The van der Waals surface area contributed by atoms with Crippen LogP contribution in [0.5, 0.6) is 0 Å². The average molecular weight is 329 g/mol. The molecule has 1 amide bonds. The Morgan fingerprint density at radius 3 is 2.96 bits per heavy atom. The lowest BCUT2D eigenvalue weighted by Gasteiger charge is -2.32. The summed E-state index contributed by atoms with van der Waals surface area (Å²) in [5.41, 5.74) is 1.16. The summed E-state index contributed by atoms with van der Waals surface area (Å²) in [6.07, 6.45) is 5.57. The molecular weight excluding hydrogens is 310 g/mol. The van der Waals surface area contributed by atoms with Crippen molar-refractivity contribution in [2.75, 3.05) is 13.1 Å². The highest BCUT2D eigenvalue weighted by molar-refractivity contribution is 5.88. The first-order chi connectivity index (χ1) is 11.6. The van der Waals surface area contributed by atoms with Crippen LogP contribution in [0.4, 0.5) is 0 Å². The van der Waals surface area contributed by atoms with Gasteiger partial charge in [0.15, 0.2) is 0 Å². The Hall–Kier alpha value is -2.77. The number of carbonyl (C=O) groups excluding carboxylic acids is 1. The molecule has 2 aromatic heterocycles. The van der Waals surface area contributed by atoms with Gasteiger partial charge in [0.25, 0.3) is 0 Å². The predicted molar refractivity (Wildman–Crippen MR) is 85.4 cm³/mol. The Balaban J connectivity index is 1.79. The number of nitrogens with zero attached hydrogens (tertiary/aromatic N) is 5. The Kier molecular flexibility index (Phi) is 4.54. The number of aromatic carboxylic acids is 1. The minimum atomic E-state index is -1.01. The molecule has 8 nitrogen and oxygen atoms in total. The predicted octanol–water partition coefficient (Wildman–Crippen LogP) is 1.61. The van der Waals surface area contributed by atoms with Crippen molar-refractivity contribution < 1.29 is 14.7 Å². The lowest BCUT2D eigenvalue weighted by atomic mass is 10.1. The van der Waals surface area contributed by atoms with Gasteiger partial charge in [0.05, 0.1) is 23.5 Å². The molecule has 1 aliphatic heterocycles. The van der Waals surface area contributed by atoms with E-state index in [1.807, 2.05) is 11.8 Å². The van der Waals surface area contributed by atoms with Crippen molar-refractivity contribution in [2.24, 2.45) is 0 Å². The lowest BCUT2D eigenvalue weighted by Crippen LogP contribution is -2.40.